The standard InChI is InChI=1S/C12H25N3OS/c1-7-5-8(6-17-11(13)14)9(16)10(15-7)12(2,3)4/h7-10,15-16H,5-6H2,1-4H3,(H3,13,14)/p+1. The maximum atomic E-state index is 10.4. The van der Waals surface area contributed by atoms with Crippen molar-refractivity contribution < 1.29 is 10.4 Å². The molecule has 4 unspecified atom stereocenters. The molecule has 0 aromatic heterocycles. The van der Waals surface area contributed by atoms with E-state index in [-0.39, 0.29) is 28.6 Å². The first-order valence-corrected chi connectivity index (χ1v) is 7.20. The zero-order valence-electron chi connectivity index (χ0n) is 11.2. The van der Waals surface area contributed by atoms with Crippen molar-refractivity contribution in [3.05, 3.63) is 0 Å². The lowest BCUT2D eigenvalue weighted by molar-refractivity contribution is -0.747. The summed E-state index contributed by atoms with van der Waals surface area (Å²) in [6.45, 7) is 8.72. The van der Waals surface area contributed by atoms with E-state index in [0.29, 0.717) is 6.04 Å². The normalized spacial score (nSPS) is 34.6. The van der Waals surface area contributed by atoms with Crippen molar-refractivity contribution in [3.8, 4) is 0 Å². The van der Waals surface area contributed by atoms with Gasteiger partial charge in [0.1, 0.15) is 12.1 Å². The van der Waals surface area contributed by atoms with Crippen LogP contribution in [-0.2, 0) is 0 Å². The van der Waals surface area contributed by atoms with Gasteiger partial charge < -0.3 is 16.2 Å². The van der Waals surface area contributed by atoms with Gasteiger partial charge in [-0.2, -0.15) is 0 Å². The van der Waals surface area contributed by atoms with Gasteiger partial charge in [-0.15, -0.1) is 0 Å². The van der Waals surface area contributed by atoms with Crippen molar-refractivity contribution in [1.29, 1.82) is 5.41 Å². The van der Waals surface area contributed by atoms with Crippen molar-refractivity contribution in [1.82, 2.24) is 0 Å². The molecule has 1 fully saturated rings. The van der Waals surface area contributed by atoms with Gasteiger partial charge in [0.25, 0.3) is 0 Å². The van der Waals surface area contributed by atoms with E-state index in [1.165, 1.54) is 11.8 Å². The summed E-state index contributed by atoms with van der Waals surface area (Å²) in [5.74, 6) is 0.995. The first kappa shape index (κ1) is 14.8. The highest BCUT2D eigenvalue weighted by Gasteiger charge is 2.44. The zero-order chi connectivity index (χ0) is 13.2. The van der Waals surface area contributed by atoms with Crippen LogP contribution in [0.5, 0.6) is 0 Å². The lowest BCUT2D eigenvalue weighted by Gasteiger charge is -2.42. The van der Waals surface area contributed by atoms with E-state index in [9.17, 15) is 5.11 Å². The summed E-state index contributed by atoms with van der Waals surface area (Å²) in [5, 5.41) is 20.1. The van der Waals surface area contributed by atoms with Crippen molar-refractivity contribution >= 4 is 16.9 Å². The Labute approximate surface area is 108 Å². The Balaban J connectivity index is 2.68. The molecule has 17 heavy (non-hydrogen) atoms. The second kappa shape index (κ2) is 5.59. The molecule has 1 aliphatic heterocycles. The number of amidine groups is 1. The number of aliphatic hydroxyl groups is 1. The van der Waals surface area contributed by atoms with E-state index in [4.69, 9.17) is 11.1 Å². The number of nitrogens with one attached hydrogen (secondary N) is 1. The molecule has 0 aliphatic carbocycles. The molecule has 0 bridgehead atoms. The van der Waals surface area contributed by atoms with Crippen LogP contribution in [0.1, 0.15) is 34.1 Å². The summed E-state index contributed by atoms with van der Waals surface area (Å²) in [6.07, 6.45) is 0.687. The molecule has 0 amide bonds. The van der Waals surface area contributed by atoms with Gasteiger partial charge in [0.15, 0.2) is 5.17 Å². The van der Waals surface area contributed by atoms with Gasteiger partial charge in [-0.25, -0.2) is 0 Å². The first-order chi connectivity index (χ1) is 7.71. The predicted octanol–water partition coefficient (Wildman–Crippen LogP) is 0.360. The highest BCUT2D eigenvalue weighted by Crippen LogP contribution is 2.29. The summed E-state index contributed by atoms with van der Waals surface area (Å²) >= 11 is 1.34. The Morgan fingerprint density at radius 3 is 2.59 bits per heavy atom. The second-order valence-electron chi connectivity index (χ2n) is 6.22. The van der Waals surface area contributed by atoms with E-state index in [1.807, 2.05) is 0 Å². The Kier molecular flexibility index (Phi) is 4.86. The average molecular weight is 260 g/mol. The van der Waals surface area contributed by atoms with E-state index >= 15 is 0 Å². The van der Waals surface area contributed by atoms with Gasteiger partial charge in [0.2, 0.25) is 0 Å². The summed E-state index contributed by atoms with van der Waals surface area (Å²) in [6, 6.07) is 0.754. The van der Waals surface area contributed by atoms with Crippen LogP contribution in [0.25, 0.3) is 0 Å². The molecule has 1 heterocycles. The minimum absolute atomic E-state index is 0.0905. The van der Waals surface area contributed by atoms with Gasteiger partial charge in [-0.05, 0) is 6.92 Å². The molecule has 5 heteroatoms. The monoisotopic (exact) mass is 260 g/mol. The third-order valence-electron chi connectivity index (χ3n) is 3.51. The quantitative estimate of drug-likeness (QED) is 0.427. The Morgan fingerprint density at radius 2 is 2.12 bits per heavy atom. The number of quaternary nitrogens is 1. The fraction of sp³-hybridized carbons (Fsp3) is 0.917. The molecule has 6 N–H and O–H groups in total. The van der Waals surface area contributed by atoms with Crippen molar-refractivity contribution in [2.45, 2.75) is 52.3 Å². The molecule has 0 saturated carbocycles. The molecule has 1 saturated heterocycles. The topological polar surface area (TPSA) is 86.7 Å². The van der Waals surface area contributed by atoms with Crippen LogP contribution in [0.2, 0.25) is 0 Å². The van der Waals surface area contributed by atoms with Gasteiger partial charge >= 0.3 is 0 Å². The number of rotatable bonds is 2. The number of nitrogens with two attached hydrogens (primary N) is 2. The smallest absolute Gasteiger partial charge is 0.151 e. The maximum absolute atomic E-state index is 10.4. The predicted molar refractivity (Wildman–Crippen MR) is 73.1 cm³/mol. The number of hydrogen-bond acceptors (Lipinski definition) is 3. The molecular formula is C12H26N3OS+. The Morgan fingerprint density at radius 1 is 1.53 bits per heavy atom. The van der Waals surface area contributed by atoms with Crippen LogP contribution < -0.4 is 11.1 Å². The molecular weight excluding hydrogens is 234 g/mol. The van der Waals surface area contributed by atoms with Crippen LogP contribution in [0.4, 0.5) is 0 Å². The fourth-order valence-electron chi connectivity index (χ4n) is 2.62. The lowest BCUT2D eigenvalue weighted by Crippen LogP contribution is -3.01. The zero-order valence-corrected chi connectivity index (χ0v) is 12.1. The molecule has 4 atom stereocenters. The summed E-state index contributed by atoms with van der Waals surface area (Å²) in [7, 11) is 0. The molecule has 100 valence electrons. The lowest BCUT2D eigenvalue weighted by atomic mass is 9.75. The van der Waals surface area contributed by atoms with E-state index in [2.05, 4.69) is 33.0 Å². The van der Waals surface area contributed by atoms with Crippen LogP contribution in [0, 0.1) is 16.7 Å². The van der Waals surface area contributed by atoms with E-state index in [0.717, 1.165) is 12.2 Å². The number of hydrogen-bond donors (Lipinski definition) is 4. The van der Waals surface area contributed by atoms with Gasteiger partial charge in [-0.3, -0.25) is 5.41 Å². The number of thioether (sulfide) groups is 1. The average Bonchev–Trinajstić information content (AvgIpc) is 2.17. The molecule has 1 aliphatic rings. The van der Waals surface area contributed by atoms with Crippen LogP contribution in [0.3, 0.4) is 0 Å². The molecule has 0 aromatic rings. The van der Waals surface area contributed by atoms with E-state index < -0.39 is 0 Å². The third-order valence-corrected chi connectivity index (χ3v) is 4.42. The van der Waals surface area contributed by atoms with Gasteiger partial charge in [-0.1, -0.05) is 32.5 Å². The third kappa shape index (κ3) is 4.16. The highest BCUT2D eigenvalue weighted by atomic mass is 32.2. The highest BCUT2D eigenvalue weighted by molar-refractivity contribution is 8.13. The Hall–Kier alpha value is -0.260. The summed E-state index contributed by atoms with van der Waals surface area (Å²) in [5.41, 5.74) is 5.46. The molecule has 0 spiro atoms. The molecule has 0 aromatic carbocycles. The van der Waals surface area contributed by atoms with Crippen LogP contribution >= 0.6 is 11.8 Å². The van der Waals surface area contributed by atoms with Gasteiger partial charge in [0, 0.05) is 23.5 Å². The second-order valence-corrected chi connectivity index (χ2v) is 7.29. The maximum Gasteiger partial charge on any atom is 0.151 e. The van der Waals surface area contributed by atoms with Crippen LogP contribution in [-0.4, -0.2) is 34.2 Å². The van der Waals surface area contributed by atoms with E-state index in [1.54, 1.807) is 0 Å². The largest absolute Gasteiger partial charge is 0.387 e. The summed E-state index contributed by atoms with van der Waals surface area (Å²) in [4.78, 5) is 0. The first-order valence-electron chi connectivity index (χ1n) is 6.21. The molecule has 1 rings (SSSR count). The minimum atomic E-state index is -0.307. The SMILES string of the molecule is CC1CC(CSC(=N)N)C(O)C(C(C)(C)C)[NH2+]1. The van der Waals surface area contributed by atoms with Crippen molar-refractivity contribution in [3.63, 3.8) is 0 Å². The molecule has 4 nitrogen and oxygen atoms in total. The Bertz CT molecular complexity index is 277. The van der Waals surface area contributed by atoms with Crippen LogP contribution in [0.15, 0.2) is 0 Å². The van der Waals surface area contributed by atoms with Gasteiger partial charge in [0.05, 0.1) is 6.04 Å². The number of piperidine rings is 1. The van der Waals surface area contributed by atoms with Crippen molar-refractivity contribution in [2.75, 3.05) is 5.75 Å². The van der Waals surface area contributed by atoms with Crippen molar-refractivity contribution in [2.24, 2.45) is 17.1 Å². The molecule has 0 radical (unpaired) electrons. The minimum Gasteiger partial charge on any atom is -0.387 e. The number of aliphatic hydroxyl groups excluding tert-OH is 1. The summed E-state index contributed by atoms with van der Waals surface area (Å²) < 4.78 is 0. The fourth-order valence-corrected chi connectivity index (χ4v) is 3.35.